The topological polar surface area (TPSA) is 25.2 Å². The monoisotopic (exact) mass is 393 g/mol. The van der Waals surface area contributed by atoms with Crippen LogP contribution in [0.2, 0.25) is 0 Å². The molecule has 0 saturated carbocycles. The van der Waals surface area contributed by atoms with E-state index in [4.69, 9.17) is 4.42 Å². The van der Waals surface area contributed by atoms with E-state index in [1.165, 1.54) is 16.3 Å². The molecule has 20 heavy (non-hydrogen) atoms. The lowest BCUT2D eigenvalue weighted by molar-refractivity contribution is 0.530. The Kier molecular flexibility index (Phi) is 3.96. The van der Waals surface area contributed by atoms with Crippen molar-refractivity contribution in [2.75, 3.05) is 7.05 Å². The molecule has 2 aromatic carbocycles. The van der Waals surface area contributed by atoms with Crippen molar-refractivity contribution in [2.24, 2.45) is 0 Å². The zero-order valence-corrected chi connectivity index (χ0v) is 14.0. The molecule has 1 atom stereocenters. The van der Waals surface area contributed by atoms with Crippen LogP contribution in [0.5, 0.6) is 0 Å². The summed E-state index contributed by atoms with van der Waals surface area (Å²) in [6.07, 6.45) is 1.70. The molecule has 102 valence electrons. The fourth-order valence-corrected chi connectivity index (χ4v) is 3.47. The summed E-state index contributed by atoms with van der Waals surface area (Å²) >= 11 is 7.08. The second-order valence-corrected chi connectivity index (χ2v) is 6.13. The quantitative estimate of drug-likeness (QED) is 0.654. The molecule has 0 aliphatic rings. The van der Waals surface area contributed by atoms with Crippen molar-refractivity contribution in [1.29, 1.82) is 0 Å². The summed E-state index contributed by atoms with van der Waals surface area (Å²) in [5.74, 6) is 0. The molecule has 0 spiro atoms. The Morgan fingerprint density at radius 2 is 1.70 bits per heavy atom. The van der Waals surface area contributed by atoms with Crippen LogP contribution in [-0.2, 0) is 0 Å². The summed E-state index contributed by atoms with van der Waals surface area (Å²) < 4.78 is 7.25. The first-order chi connectivity index (χ1) is 9.72. The number of furan rings is 1. The molecule has 0 radical (unpaired) electrons. The van der Waals surface area contributed by atoms with E-state index in [1.807, 2.05) is 13.1 Å². The molecule has 1 unspecified atom stereocenters. The normalized spacial score (nSPS) is 12.8. The van der Waals surface area contributed by atoms with Gasteiger partial charge in [-0.3, -0.25) is 0 Å². The molecule has 1 aromatic heterocycles. The standard InChI is InChI=1S/C16H13Br2NO/c1-19-15(13-8-9-20-16(13)18)12-6-7-14(17)11-5-3-2-4-10(11)12/h2-9,15,19H,1H3. The van der Waals surface area contributed by atoms with Gasteiger partial charge in [-0.25, -0.2) is 0 Å². The van der Waals surface area contributed by atoms with Crippen LogP contribution in [0.25, 0.3) is 10.8 Å². The number of fused-ring (bicyclic) bond motifs is 1. The maximum absolute atomic E-state index is 5.37. The molecule has 0 aliphatic heterocycles. The predicted molar refractivity (Wildman–Crippen MR) is 89.0 cm³/mol. The second kappa shape index (κ2) is 5.72. The van der Waals surface area contributed by atoms with Crippen LogP contribution in [0.4, 0.5) is 0 Å². The maximum Gasteiger partial charge on any atom is 0.174 e. The van der Waals surface area contributed by atoms with E-state index < -0.39 is 0 Å². The van der Waals surface area contributed by atoms with Gasteiger partial charge in [0.05, 0.1) is 12.3 Å². The molecule has 0 fully saturated rings. The zero-order valence-electron chi connectivity index (χ0n) is 10.9. The van der Waals surface area contributed by atoms with Gasteiger partial charge in [0.15, 0.2) is 4.67 Å². The summed E-state index contributed by atoms with van der Waals surface area (Å²) in [7, 11) is 1.96. The molecule has 1 N–H and O–H groups in total. The van der Waals surface area contributed by atoms with Crippen molar-refractivity contribution in [3.05, 3.63) is 69.0 Å². The van der Waals surface area contributed by atoms with Crippen molar-refractivity contribution in [2.45, 2.75) is 6.04 Å². The van der Waals surface area contributed by atoms with Crippen LogP contribution in [-0.4, -0.2) is 7.05 Å². The van der Waals surface area contributed by atoms with Gasteiger partial charge in [-0.1, -0.05) is 46.3 Å². The molecule has 0 amide bonds. The highest BCUT2D eigenvalue weighted by atomic mass is 79.9. The average molecular weight is 395 g/mol. The number of halogens is 2. The van der Waals surface area contributed by atoms with Gasteiger partial charge >= 0.3 is 0 Å². The van der Waals surface area contributed by atoms with Gasteiger partial charge in [0, 0.05) is 10.0 Å². The van der Waals surface area contributed by atoms with E-state index in [0.717, 1.165) is 14.7 Å². The van der Waals surface area contributed by atoms with Crippen molar-refractivity contribution in [1.82, 2.24) is 5.32 Å². The summed E-state index contributed by atoms with van der Waals surface area (Å²) in [5, 5.41) is 5.81. The first kappa shape index (κ1) is 13.9. The third kappa shape index (κ3) is 2.32. The highest BCUT2D eigenvalue weighted by molar-refractivity contribution is 9.10. The molecular weight excluding hydrogens is 382 g/mol. The molecule has 0 aliphatic carbocycles. The molecule has 2 nitrogen and oxygen atoms in total. The Hall–Kier alpha value is -1.10. The summed E-state index contributed by atoms with van der Waals surface area (Å²) in [6.45, 7) is 0. The molecule has 0 saturated heterocycles. The van der Waals surface area contributed by atoms with E-state index >= 15 is 0 Å². The van der Waals surface area contributed by atoms with Crippen LogP contribution in [0.3, 0.4) is 0 Å². The Balaban J connectivity index is 2.23. The van der Waals surface area contributed by atoms with E-state index in [1.54, 1.807) is 6.26 Å². The average Bonchev–Trinajstić information content (AvgIpc) is 2.89. The molecule has 3 aromatic rings. The van der Waals surface area contributed by atoms with Crippen LogP contribution in [0, 0.1) is 0 Å². The largest absolute Gasteiger partial charge is 0.457 e. The first-order valence-corrected chi connectivity index (χ1v) is 7.88. The summed E-state index contributed by atoms with van der Waals surface area (Å²) in [4.78, 5) is 0. The molecule has 3 rings (SSSR count). The summed E-state index contributed by atoms with van der Waals surface area (Å²) in [5.41, 5.74) is 2.33. The number of hydrogen-bond acceptors (Lipinski definition) is 2. The van der Waals surface area contributed by atoms with Gasteiger partial charge in [0.25, 0.3) is 0 Å². The van der Waals surface area contributed by atoms with Crippen molar-refractivity contribution in [3.63, 3.8) is 0 Å². The van der Waals surface area contributed by atoms with Gasteiger partial charge in [0.2, 0.25) is 0 Å². The Bertz CT molecular complexity index is 751. The number of nitrogens with one attached hydrogen (secondary N) is 1. The van der Waals surface area contributed by atoms with Gasteiger partial charge in [0.1, 0.15) is 0 Å². The van der Waals surface area contributed by atoms with Gasteiger partial charge < -0.3 is 9.73 Å². The molecule has 1 heterocycles. The van der Waals surface area contributed by atoms with Crippen molar-refractivity contribution >= 4 is 42.6 Å². The lowest BCUT2D eigenvalue weighted by atomic mass is 9.95. The summed E-state index contributed by atoms with van der Waals surface area (Å²) in [6, 6.07) is 14.7. The van der Waals surface area contributed by atoms with E-state index in [2.05, 4.69) is 73.6 Å². The van der Waals surface area contributed by atoms with Crippen molar-refractivity contribution < 1.29 is 4.42 Å². The third-order valence-electron chi connectivity index (χ3n) is 3.46. The fraction of sp³-hybridized carbons (Fsp3) is 0.125. The predicted octanol–water partition coefficient (Wildman–Crippen LogP) is 5.27. The van der Waals surface area contributed by atoms with Crippen LogP contribution >= 0.6 is 31.9 Å². The van der Waals surface area contributed by atoms with Gasteiger partial charge in [-0.05, 0) is 51.4 Å². The van der Waals surface area contributed by atoms with Gasteiger partial charge in [-0.15, -0.1) is 0 Å². The highest BCUT2D eigenvalue weighted by Crippen LogP contribution is 2.35. The number of hydrogen-bond donors (Lipinski definition) is 1. The molecule has 0 bridgehead atoms. The second-order valence-electron chi connectivity index (χ2n) is 4.55. The first-order valence-electron chi connectivity index (χ1n) is 6.29. The van der Waals surface area contributed by atoms with E-state index in [-0.39, 0.29) is 6.04 Å². The molecular formula is C16H13Br2NO. The minimum absolute atomic E-state index is 0.0844. The number of rotatable bonds is 3. The van der Waals surface area contributed by atoms with Crippen LogP contribution in [0.1, 0.15) is 17.2 Å². The zero-order chi connectivity index (χ0) is 14.1. The Morgan fingerprint density at radius 3 is 2.35 bits per heavy atom. The smallest absolute Gasteiger partial charge is 0.174 e. The Morgan fingerprint density at radius 1 is 0.950 bits per heavy atom. The van der Waals surface area contributed by atoms with E-state index in [9.17, 15) is 0 Å². The SMILES string of the molecule is CNC(c1ccoc1Br)c1ccc(Br)c2ccccc12. The minimum atomic E-state index is 0.0844. The lowest BCUT2D eigenvalue weighted by Crippen LogP contribution is -2.17. The third-order valence-corrected chi connectivity index (χ3v) is 4.80. The molecule has 4 heteroatoms. The van der Waals surface area contributed by atoms with Crippen LogP contribution < -0.4 is 5.32 Å². The minimum Gasteiger partial charge on any atom is -0.457 e. The number of benzene rings is 2. The fourth-order valence-electron chi connectivity index (χ4n) is 2.53. The maximum atomic E-state index is 5.37. The Labute approximate surface area is 134 Å². The van der Waals surface area contributed by atoms with Gasteiger partial charge in [-0.2, -0.15) is 0 Å². The van der Waals surface area contributed by atoms with Crippen LogP contribution in [0.15, 0.2) is 62.3 Å². The van der Waals surface area contributed by atoms with Crippen molar-refractivity contribution in [3.8, 4) is 0 Å². The highest BCUT2D eigenvalue weighted by Gasteiger charge is 2.19. The van der Waals surface area contributed by atoms with E-state index in [0.29, 0.717) is 0 Å². The lowest BCUT2D eigenvalue weighted by Gasteiger charge is -2.18.